The van der Waals surface area contributed by atoms with Crippen LogP contribution in [-0.4, -0.2) is 37.8 Å². The Morgan fingerprint density at radius 3 is 2.84 bits per heavy atom. The van der Waals surface area contributed by atoms with Gasteiger partial charge in [-0.1, -0.05) is 12.1 Å². The van der Waals surface area contributed by atoms with Crippen molar-refractivity contribution in [3.63, 3.8) is 0 Å². The number of ether oxygens (including phenoxy) is 1. The van der Waals surface area contributed by atoms with Gasteiger partial charge in [-0.25, -0.2) is 9.37 Å². The maximum Gasteiger partial charge on any atom is 0.278 e. The van der Waals surface area contributed by atoms with Crippen LogP contribution >= 0.6 is 0 Å². The van der Waals surface area contributed by atoms with Crippen molar-refractivity contribution >= 4 is 16.6 Å². The second-order valence-electron chi connectivity index (χ2n) is 8.18. The lowest BCUT2D eigenvalue weighted by molar-refractivity contribution is 0.162. The first-order chi connectivity index (χ1) is 14.9. The highest BCUT2D eigenvalue weighted by atomic mass is 19.1. The topological polar surface area (TPSA) is 111 Å². The first-order valence-corrected chi connectivity index (χ1v) is 9.87. The highest BCUT2D eigenvalue weighted by Gasteiger charge is 2.44. The summed E-state index contributed by atoms with van der Waals surface area (Å²) in [6.07, 6.45) is 3.38. The minimum Gasteiger partial charge on any atom is -0.383 e. The van der Waals surface area contributed by atoms with Crippen molar-refractivity contribution in [3.8, 4) is 17.6 Å². The molecule has 1 aliphatic rings. The second kappa shape index (κ2) is 6.72. The number of methoxy groups -OCH3 is 1. The molecule has 1 aliphatic carbocycles. The summed E-state index contributed by atoms with van der Waals surface area (Å²) in [4.78, 5) is 22.5. The van der Waals surface area contributed by atoms with E-state index in [2.05, 4.69) is 15.1 Å². The average Bonchev–Trinajstić information content (AvgIpc) is 3.16. The van der Waals surface area contributed by atoms with Crippen molar-refractivity contribution in [2.24, 2.45) is 0 Å². The van der Waals surface area contributed by atoms with Crippen LogP contribution in [-0.2, 0) is 10.2 Å². The summed E-state index contributed by atoms with van der Waals surface area (Å²) in [5.41, 5.74) is 0.361. The summed E-state index contributed by atoms with van der Waals surface area (Å²) in [6.45, 7) is 4.00. The summed E-state index contributed by atoms with van der Waals surface area (Å²) >= 11 is 0. The highest BCUT2D eigenvalue weighted by molar-refractivity contribution is 5.87. The van der Waals surface area contributed by atoms with Gasteiger partial charge in [0.2, 0.25) is 11.7 Å². The van der Waals surface area contributed by atoms with Gasteiger partial charge in [-0.05, 0) is 31.9 Å². The molecule has 4 aromatic rings. The predicted molar refractivity (Wildman–Crippen MR) is 108 cm³/mol. The fourth-order valence-electron chi connectivity index (χ4n) is 3.92. The van der Waals surface area contributed by atoms with E-state index in [0.717, 1.165) is 12.8 Å². The molecule has 3 heterocycles. The molecule has 9 nitrogen and oxygen atoms in total. The second-order valence-corrected chi connectivity index (χ2v) is 8.18. The molecule has 3 aromatic heterocycles. The molecule has 0 aliphatic heterocycles. The molecule has 1 fully saturated rings. The molecule has 10 heteroatoms. The molecule has 5 rings (SSSR count). The van der Waals surface area contributed by atoms with E-state index >= 15 is 0 Å². The van der Waals surface area contributed by atoms with Crippen molar-refractivity contribution < 1.29 is 13.7 Å². The summed E-state index contributed by atoms with van der Waals surface area (Å²) in [6, 6.07) is 4.14. The lowest BCUT2D eigenvalue weighted by Crippen LogP contribution is -2.28. The molecule has 0 amide bonds. The van der Waals surface area contributed by atoms with Crippen LogP contribution in [0.4, 0.5) is 4.39 Å². The predicted octanol–water partition coefficient (Wildman–Crippen LogP) is 2.97. The molecule has 0 radical (unpaired) electrons. The molecular weight excluding hydrogens is 403 g/mol. The van der Waals surface area contributed by atoms with Crippen LogP contribution in [0.2, 0.25) is 0 Å². The van der Waals surface area contributed by atoms with E-state index in [1.54, 1.807) is 6.92 Å². The normalized spacial score (nSPS) is 16.0. The van der Waals surface area contributed by atoms with E-state index < -0.39 is 17.4 Å². The number of nitrogens with zero attached hydrogens (tertiary/aromatic N) is 6. The van der Waals surface area contributed by atoms with E-state index in [4.69, 9.17) is 9.26 Å². The summed E-state index contributed by atoms with van der Waals surface area (Å²) in [5, 5.41) is 13.6. The monoisotopic (exact) mass is 422 g/mol. The average molecular weight is 422 g/mol. The minimum atomic E-state index is -0.701. The Morgan fingerprint density at radius 2 is 2.16 bits per heavy atom. The first kappa shape index (κ1) is 19.4. The summed E-state index contributed by atoms with van der Waals surface area (Å²) in [7, 11) is 1.51. The van der Waals surface area contributed by atoms with Gasteiger partial charge in [-0.3, -0.25) is 13.8 Å². The first-order valence-electron chi connectivity index (χ1n) is 9.87. The van der Waals surface area contributed by atoms with Gasteiger partial charge in [0.25, 0.3) is 5.56 Å². The largest absolute Gasteiger partial charge is 0.383 e. The zero-order valence-corrected chi connectivity index (χ0v) is 17.2. The van der Waals surface area contributed by atoms with Gasteiger partial charge >= 0.3 is 0 Å². The maximum absolute atomic E-state index is 14.4. The molecule has 158 valence electrons. The molecule has 0 bridgehead atoms. The van der Waals surface area contributed by atoms with Crippen LogP contribution in [0.1, 0.15) is 44.2 Å². The fraction of sp³-hybridized carbons (Fsp3) is 0.381. The molecule has 1 saturated carbocycles. The number of hydrogen-bond acceptors (Lipinski definition) is 7. The smallest absolute Gasteiger partial charge is 0.278 e. The SMILES string of the molecule is COCC(C)n1c(=O)c2c(-c3noc(C4(C)CC4)n3)ncn2c2ccc(F)c(C#N)c21. The Morgan fingerprint density at radius 1 is 1.39 bits per heavy atom. The fourth-order valence-corrected chi connectivity index (χ4v) is 3.92. The molecule has 1 atom stereocenters. The van der Waals surface area contributed by atoms with E-state index in [1.807, 2.05) is 13.0 Å². The Hall–Kier alpha value is -3.58. The van der Waals surface area contributed by atoms with Gasteiger partial charge in [0.1, 0.15) is 35.0 Å². The van der Waals surface area contributed by atoms with Crippen LogP contribution < -0.4 is 5.56 Å². The van der Waals surface area contributed by atoms with E-state index in [1.165, 1.54) is 34.5 Å². The van der Waals surface area contributed by atoms with E-state index in [-0.39, 0.29) is 40.1 Å². The van der Waals surface area contributed by atoms with E-state index in [9.17, 15) is 14.4 Å². The number of aromatic nitrogens is 5. The van der Waals surface area contributed by atoms with Gasteiger partial charge in [0.15, 0.2) is 0 Å². The lowest BCUT2D eigenvalue weighted by Gasteiger charge is -2.19. The molecule has 1 aromatic carbocycles. The third-order valence-electron chi connectivity index (χ3n) is 5.91. The molecular formula is C21H19FN6O3. The quantitative estimate of drug-likeness (QED) is 0.486. The van der Waals surface area contributed by atoms with Crippen molar-refractivity contribution in [2.45, 2.75) is 38.1 Å². The molecule has 1 unspecified atom stereocenters. The van der Waals surface area contributed by atoms with Crippen molar-refractivity contribution in [1.82, 2.24) is 24.1 Å². The Labute approximate surface area is 175 Å². The van der Waals surface area contributed by atoms with Gasteiger partial charge in [0.05, 0.1) is 23.7 Å². The number of hydrogen-bond donors (Lipinski definition) is 0. The third kappa shape index (κ3) is 2.77. The van der Waals surface area contributed by atoms with Crippen LogP contribution in [0.3, 0.4) is 0 Å². The van der Waals surface area contributed by atoms with Crippen LogP contribution in [0.5, 0.6) is 0 Å². The highest BCUT2D eigenvalue weighted by Crippen LogP contribution is 2.47. The molecule has 0 saturated heterocycles. The Kier molecular flexibility index (Phi) is 4.20. The summed E-state index contributed by atoms with van der Waals surface area (Å²) in [5.74, 6) is 0.0370. The summed E-state index contributed by atoms with van der Waals surface area (Å²) < 4.78 is 28.0. The number of benzene rings is 1. The van der Waals surface area contributed by atoms with Gasteiger partial charge in [-0.15, -0.1) is 0 Å². The minimum absolute atomic E-state index is 0.125. The van der Waals surface area contributed by atoms with Gasteiger partial charge in [0, 0.05) is 12.5 Å². The van der Waals surface area contributed by atoms with Crippen LogP contribution in [0.25, 0.3) is 28.1 Å². The Bertz CT molecular complexity index is 1440. The number of rotatable bonds is 5. The van der Waals surface area contributed by atoms with Crippen molar-refractivity contribution in [2.75, 3.05) is 13.7 Å². The van der Waals surface area contributed by atoms with Crippen LogP contribution in [0, 0.1) is 17.1 Å². The number of imidazole rings is 1. The van der Waals surface area contributed by atoms with Crippen molar-refractivity contribution in [3.05, 3.63) is 46.1 Å². The standard InChI is InChI=1S/C21H19FN6O3/c1-11(9-30-3)28-16-12(8-23)13(22)4-5-14(16)27-10-24-15(17(27)19(28)29)18-25-20(31-26-18)21(2)6-7-21/h4-5,10-11H,6-7,9H2,1-3H3. The number of fused-ring (bicyclic) bond motifs is 3. The lowest BCUT2D eigenvalue weighted by atomic mass is 10.1. The zero-order chi connectivity index (χ0) is 21.9. The van der Waals surface area contributed by atoms with Gasteiger partial charge in [-0.2, -0.15) is 10.2 Å². The maximum atomic E-state index is 14.4. The zero-order valence-electron chi connectivity index (χ0n) is 17.2. The van der Waals surface area contributed by atoms with Gasteiger partial charge < -0.3 is 9.26 Å². The van der Waals surface area contributed by atoms with Crippen molar-refractivity contribution in [1.29, 1.82) is 5.26 Å². The number of halogens is 1. The Balaban J connectivity index is 1.86. The number of nitriles is 1. The molecule has 0 spiro atoms. The molecule has 0 N–H and O–H groups in total. The van der Waals surface area contributed by atoms with Crippen LogP contribution in [0.15, 0.2) is 27.8 Å². The third-order valence-corrected chi connectivity index (χ3v) is 5.91. The molecule has 31 heavy (non-hydrogen) atoms. The van der Waals surface area contributed by atoms with E-state index in [0.29, 0.717) is 11.4 Å².